The number of anilines is 1. The van der Waals surface area contributed by atoms with Gasteiger partial charge in [0.15, 0.2) is 0 Å². The Morgan fingerprint density at radius 2 is 2.00 bits per heavy atom. The quantitative estimate of drug-likeness (QED) is 0.829. The smallest absolute Gasteiger partial charge is 0.256 e. The van der Waals surface area contributed by atoms with Crippen LogP contribution in [-0.2, 0) is 0 Å². The number of benzene rings is 1. The summed E-state index contributed by atoms with van der Waals surface area (Å²) < 4.78 is 0. The van der Waals surface area contributed by atoms with Gasteiger partial charge in [-0.25, -0.2) is 0 Å². The summed E-state index contributed by atoms with van der Waals surface area (Å²) in [4.78, 5) is 14.1. The first-order valence-electron chi connectivity index (χ1n) is 6.66. The van der Waals surface area contributed by atoms with Crippen molar-refractivity contribution < 1.29 is 9.90 Å². The van der Waals surface area contributed by atoms with Gasteiger partial charge < -0.3 is 15.3 Å². The Morgan fingerprint density at radius 3 is 2.58 bits per heavy atom. The minimum Gasteiger partial charge on any atom is -0.394 e. The normalized spacial score (nSPS) is 11.2. The molecule has 0 spiro atoms. The van der Waals surface area contributed by atoms with Gasteiger partial charge in [-0.3, -0.25) is 4.79 Å². The van der Waals surface area contributed by atoms with E-state index >= 15 is 0 Å². The zero-order chi connectivity index (χ0) is 14.5. The van der Waals surface area contributed by atoms with E-state index in [0.29, 0.717) is 5.56 Å². The highest BCUT2D eigenvalue weighted by atomic mass is 16.3. The maximum absolute atomic E-state index is 12.5. The van der Waals surface area contributed by atoms with E-state index in [2.05, 4.69) is 12.2 Å². The lowest BCUT2D eigenvalue weighted by Gasteiger charge is -2.34. The molecule has 0 radical (unpaired) electrons. The van der Waals surface area contributed by atoms with Crippen molar-refractivity contribution in [2.24, 2.45) is 0 Å². The van der Waals surface area contributed by atoms with Crippen molar-refractivity contribution in [3.63, 3.8) is 0 Å². The van der Waals surface area contributed by atoms with Crippen LogP contribution in [0.1, 0.15) is 37.6 Å². The zero-order valence-corrected chi connectivity index (χ0v) is 12.2. The van der Waals surface area contributed by atoms with Gasteiger partial charge in [0.25, 0.3) is 5.91 Å². The molecule has 0 aliphatic rings. The Hall–Kier alpha value is -1.55. The number of aliphatic hydroxyl groups excluding tert-OH is 1. The molecule has 19 heavy (non-hydrogen) atoms. The molecule has 0 fully saturated rings. The van der Waals surface area contributed by atoms with Crippen molar-refractivity contribution in [2.75, 3.05) is 25.5 Å². The molecule has 0 saturated heterocycles. The number of rotatable bonds is 6. The third-order valence-electron chi connectivity index (χ3n) is 3.32. The summed E-state index contributed by atoms with van der Waals surface area (Å²) in [5, 5.41) is 12.6. The standard InChI is InChI=1S/C15H24N2O2/c1-5-10-16-13-9-7-6-8-12(13)14(19)17(4)15(2,3)11-18/h6-9,16,18H,5,10-11H2,1-4H3. The van der Waals surface area contributed by atoms with E-state index in [-0.39, 0.29) is 12.5 Å². The van der Waals surface area contributed by atoms with Gasteiger partial charge in [0.2, 0.25) is 0 Å². The molecule has 0 unspecified atom stereocenters. The third-order valence-corrected chi connectivity index (χ3v) is 3.32. The summed E-state index contributed by atoms with van der Waals surface area (Å²) in [6.07, 6.45) is 1.00. The van der Waals surface area contributed by atoms with Crippen molar-refractivity contribution in [3.8, 4) is 0 Å². The predicted octanol–water partition coefficient (Wildman–Crippen LogP) is 2.35. The molecular formula is C15H24N2O2. The van der Waals surface area contributed by atoms with E-state index in [0.717, 1.165) is 18.7 Å². The first-order chi connectivity index (χ1) is 8.94. The Labute approximate surface area is 115 Å². The average molecular weight is 264 g/mol. The lowest BCUT2D eigenvalue weighted by Crippen LogP contribution is -2.47. The highest BCUT2D eigenvalue weighted by molar-refractivity contribution is 5.99. The molecule has 0 aromatic heterocycles. The number of aliphatic hydroxyl groups is 1. The summed E-state index contributed by atoms with van der Waals surface area (Å²) in [6, 6.07) is 7.48. The number of carbonyl (C=O) groups excluding carboxylic acids is 1. The van der Waals surface area contributed by atoms with Gasteiger partial charge in [-0.2, -0.15) is 0 Å². The monoisotopic (exact) mass is 264 g/mol. The van der Waals surface area contributed by atoms with Crippen LogP contribution in [0.3, 0.4) is 0 Å². The number of amides is 1. The number of hydrogen-bond donors (Lipinski definition) is 2. The Balaban J connectivity index is 2.99. The molecule has 1 rings (SSSR count). The number of nitrogens with one attached hydrogen (secondary N) is 1. The van der Waals surface area contributed by atoms with Crippen LogP contribution >= 0.6 is 0 Å². The van der Waals surface area contributed by atoms with Gasteiger partial charge >= 0.3 is 0 Å². The van der Waals surface area contributed by atoms with Crippen LogP contribution in [0.5, 0.6) is 0 Å². The molecule has 0 atom stereocenters. The van der Waals surface area contributed by atoms with Gasteiger partial charge in [0.05, 0.1) is 17.7 Å². The van der Waals surface area contributed by atoms with Crippen molar-refractivity contribution in [1.29, 1.82) is 0 Å². The second-order valence-corrected chi connectivity index (χ2v) is 5.31. The van der Waals surface area contributed by atoms with Crippen LogP contribution in [0.25, 0.3) is 0 Å². The molecule has 0 heterocycles. The van der Waals surface area contributed by atoms with Crippen LogP contribution in [0, 0.1) is 0 Å². The van der Waals surface area contributed by atoms with Gasteiger partial charge in [-0.1, -0.05) is 19.1 Å². The Morgan fingerprint density at radius 1 is 1.37 bits per heavy atom. The van der Waals surface area contributed by atoms with E-state index in [1.54, 1.807) is 11.9 Å². The van der Waals surface area contributed by atoms with E-state index in [4.69, 9.17) is 0 Å². The van der Waals surface area contributed by atoms with Gasteiger partial charge in [0.1, 0.15) is 0 Å². The van der Waals surface area contributed by atoms with Crippen molar-refractivity contribution >= 4 is 11.6 Å². The Bertz CT molecular complexity index is 430. The van der Waals surface area contributed by atoms with Gasteiger partial charge in [-0.05, 0) is 32.4 Å². The topological polar surface area (TPSA) is 52.6 Å². The fourth-order valence-corrected chi connectivity index (χ4v) is 1.65. The molecule has 0 bridgehead atoms. The fourth-order valence-electron chi connectivity index (χ4n) is 1.65. The largest absolute Gasteiger partial charge is 0.394 e. The van der Waals surface area contributed by atoms with E-state index in [9.17, 15) is 9.90 Å². The minimum absolute atomic E-state index is 0.0696. The van der Waals surface area contributed by atoms with Crippen LogP contribution in [0.15, 0.2) is 24.3 Å². The molecule has 1 amide bonds. The summed E-state index contributed by atoms with van der Waals surface area (Å²) in [7, 11) is 1.72. The van der Waals surface area contributed by atoms with Crippen LogP contribution in [-0.4, -0.2) is 41.7 Å². The number of carbonyl (C=O) groups is 1. The van der Waals surface area contributed by atoms with Crippen LogP contribution < -0.4 is 5.32 Å². The first kappa shape index (κ1) is 15.5. The number of likely N-dealkylation sites (N-methyl/N-ethyl adjacent to an activating group) is 1. The van der Waals surface area contributed by atoms with Gasteiger partial charge in [0, 0.05) is 19.3 Å². The molecular weight excluding hydrogens is 240 g/mol. The number of hydrogen-bond acceptors (Lipinski definition) is 3. The molecule has 4 nitrogen and oxygen atoms in total. The summed E-state index contributed by atoms with van der Waals surface area (Å²) in [5.74, 6) is -0.0850. The minimum atomic E-state index is -0.574. The number of nitrogens with zero attached hydrogens (tertiary/aromatic N) is 1. The van der Waals surface area contributed by atoms with Crippen molar-refractivity contribution in [2.45, 2.75) is 32.7 Å². The molecule has 4 heteroatoms. The molecule has 0 aliphatic carbocycles. The van der Waals surface area contributed by atoms with Crippen LogP contribution in [0.2, 0.25) is 0 Å². The fraction of sp³-hybridized carbons (Fsp3) is 0.533. The highest BCUT2D eigenvalue weighted by Crippen LogP contribution is 2.21. The molecule has 1 aromatic carbocycles. The molecule has 106 valence electrons. The summed E-state index contributed by atoms with van der Waals surface area (Å²) >= 11 is 0. The summed E-state index contributed by atoms with van der Waals surface area (Å²) in [5.41, 5.74) is 0.907. The second-order valence-electron chi connectivity index (χ2n) is 5.31. The first-order valence-corrected chi connectivity index (χ1v) is 6.66. The Kier molecular flexibility index (Phi) is 5.36. The van der Waals surface area contributed by atoms with E-state index in [1.165, 1.54) is 0 Å². The molecule has 0 aliphatic heterocycles. The van der Waals surface area contributed by atoms with Crippen molar-refractivity contribution in [3.05, 3.63) is 29.8 Å². The van der Waals surface area contributed by atoms with Crippen molar-refractivity contribution in [1.82, 2.24) is 4.90 Å². The zero-order valence-electron chi connectivity index (χ0n) is 12.2. The van der Waals surface area contributed by atoms with Crippen LogP contribution in [0.4, 0.5) is 5.69 Å². The third kappa shape index (κ3) is 3.70. The highest BCUT2D eigenvalue weighted by Gasteiger charge is 2.28. The summed E-state index contributed by atoms with van der Waals surface area (Å²) in [6.45, 7) is 6.52. The van der Waals surface area contributed by atoms with E-state index in [1.807, 2.05) is 38.1 Å². The second kappa shape index (κ2) is 6.57. The lowest BCUT2D eigenvalue weighted by molar-refractivity contribution is 0.0474. The SMILES string of the molecule is CCCNc1ccccc1C(=O)N(C)C(C)(C)CO. The predicted molar refractivity (Wildman–Crippen MR) is 78.5 cm³/mol. The van der Waals surface area contributed by atoms with Gasteiger partial charge in [-0.15, -0.1) is 0 Å². The molecule has 1 aromatic rings. The molecule has 2 N–H and O–H groups in total. The number of para-hydroxylation sites is 1. The molecule has 0 saturated carbocycles. The lowest BCUT2D eigenvalue weighted by atomic mass is 10.0. The maximum Gasteiger partial charge on any atom is 0.256 e. The maximum atomic E-state index is 12.5. The van der Waals surface area contributed by atoms with E-state index < -0.39 is 5.54 Å². The average Bonchev–Trinajstić information content (AvgIpc) is 2.43.